The van der Waals surface area contributed by atoms with Crippen molar-refractivity contribution in [1.29, 1.82) is 0 Å². The molecule has 1 aliphatic rings. The first-order valence-corrected chi connectivity index (χ1v) is 6.98. The van der Waals surface area contributed by atoms with E-state index in [9.17, 15) is 4.79 Å². The highest BCUT2D eigenvalue weighted by Gasteiger charge is 2.24. The SMILES string of the molecule is CCCC(c1cccs1)N1CCC(=O)CC1. The van der Waals surface area contributed by atoms with E-state index in [-0.39, 0.29) is 0 Å². The molecule has 2 nitrogen and oxygen atoms in total. The van der Waals surface area contributed by atoms with Gasteiger partial charge >= 0.3 is 0 Å². The maximum absolute atomic E-state index is 11.3. The fourth-order valence-corrected chi connectivity index (χ4v) is 3.24. The largest absolute Gasteiger partial charge is 0.300 e. The third-order valence-electron chi connectivity index (χ3n) is 3.23. The number of rotatable bonds is 4. The van der Waals surface area contributed by atoms with Crippen LogP contribution in [0, 0.1) is 0 Å². The summed E-state index contributed by atoms with van der Waals surface area (Å²) in [4.78, 5) is 15.2. The summed E-state index contributed by atoms with van der Waals surface area (Å²) in [5.41, 5.74) is 0. The molecule has 1 aromatic rings. The van der Waals surface area contributed by atoms with E-state index in [1.807, 2.05) is 11.3 Å². The Kier molecular flexibility index (Phi) is 4.13. The fourth-order valence-electron chi connectivity index (χ4n) is 2.34. The van der Waals surface area contributed by atoms with Gasteiger partial charge in [-0.3, -0.25) is 9.69 Å². The predicted octanol–water partition coefficient (Wildman–Crippen LogP) is 3.25. The minimum absolute atomic E-state index is 0.428. The smallest absolute Gasteiger partial charge is 0.135 e. The van der Waals surface area contributed by atoms with E-state index >= 15 is 0 Å². The van der Waals surface area contributed by atoms with Crippen LogP contribution in [0.1, 0.15) is 43.5 Å². The molecule has 3 heteroatoms. The van der Waals surface area contributed by atoms with Gasteiger partial charge < -0.3 is 0 Å². The lowest BCUT2D eigenvalue weighted by molar-refractivity contribution is -0.122. The number of thiophene rings is 1. The third-order valence-corrected chi connectivity index (χ3v) is 4.20. The summed E-state index contributed by atoms with van der Waals surface area (Å²) in [5, 5.41) is 2.15. The van der Waals surface area contributed by atoms with Gasteiger partial charge in [-0.25, -0.2) is 0 Å². The van der Waals surface area contributed by atoms with E-state index in [2.05, 4.69) is 29.3 Å². The minimum Gasteiger partial charge on any atom is -0.300 e. The summed E-state index contributed by atoms with van der Waals surface area (Å²) in [6, 6.07) is 4.89. The Morgan fingerprint density at radius 3 is 2.75 bits per heavy atom. The average Bonchev–Trinajstić information content (AvgIpc) is 2.81. The van der Waals surface area contributed by atoms with Crippen molar-refractivity contribution in [3.05, 3.63) is 22.4 Å². The van der Waals surface area contributed by atoms with E-state index in [0.29, 0.717) is 11.8 Å². The Morgan fingerprint density at radius 1 is 1.44 bits per heavy atom. The Labute approximate surface area is 101 Å². The standard InChI is InChI=1S/C13H19NOS/c1-2-4-12(13-5-3-10-16-13)14-8-6-11(15)7-9-14/h3,5,10,12H,2,4,6-9H2,1H3. The van der Waals surface area contributed by atoms with Crippen LogP contribution in [0.3, 0.4) is 0 Å². The molecule has 1 atom stereocenters. The number of nitrogens with zero attached hydrogens (tertiary/aromatic N) is 1. The Hall–Kier alpha value is -0.670. The van der Waals surface area contributed by atoms with Crippen molar-refractivity contribution in [3.8, 4) is 0 Å². The highest BCUT2D eigenvalue weighted by atomic mass is 32.1. The van der Waals surface area contributed by atoms with E-state index in [4.69, 9.17) is 0 Å². The van der Waals surface area contributed by atoms with Gasteiger partial charge in [0.1, 0.15) is 5.78 Å². The first kappa shape index (κ1) is 11.8. The van der Waals surface area contributed by atoms with Crippen molar-refractivity contribution in [3.63, 3.8) is 0 Å². The summed E-state index contributed by atoms with van der Waals surface area (Å²) in [6.45, 7) is 4.12. The second-order valence-electron chi connectivity index (χ2n) is 4.39. The van der Waals surface area contributed by atoms with Crippen LogP contribution >= 0.6 is 11.3 Å². The number of hydrogen-bond donors (Lipinski definition) is 0. The van der Waals surface area contributed by atoms with Gasteiger partial charge in [0.05, 0.1) is 0 Å². The summed E-state index contributed by atoms with van der Waals surface area (Å²) in [6.07, 6.45) is 3.89. The van der Waals surface area contributed by atoms with Crippen LogP contribution < -0.4 is 0 Å². The number of ketones is 1. The summed E-state index contributed by atoms with van der Waals surface area (Å²) < 4.78 is 0. The van der Waals surface area contributed by atoms with E-state index in [1.165, 1.54) is 17.7 Å². The molecule has 1 aliphatic heterocycles. The molecule has 88 valence electrons. The number of hydrogen-bond acceptors (Lipinski definition) is 3. The first-order chi connectivity index (χ1) is 7.81. The van der Waals surface area contributed by atoms with E-state index < -0.39 is 0 Å². The van der Waals surface area contributed by atoms with Crippen LogP contribution in [0.4, 0.5) is 0 Å². The third kappa shape index (κ3) is 2.71. The highest BCUT2D eigenvalue weighted by molar-refractivity contribution is 7.10. The monoisotopic (exact) mass is 237 g/mol. The van der Waals surface area contributed by atoms with Crippen molar-refractivity contribution in [2.24, 2.45) is 0 Å². The Balaban J connectivity index is 2.04. The zero-order chi connectivity index (χ0) is 11.4. The fraction of sp³-hybridized carbons (Fsp3) is 0.615. The maximum atomic E-state index is 11.3. The minimum atomic E-state index is 0.428. The Bertz CT molecular complexity index is 324. The predicted molar refractivity (Wildman–Crippen MR) is 67.8 cm³/mol. The van der Waals surface area contributed by atoms with Gasteiger partial charge in [0, 0.05) is 36.9 Å². The number of carbonyl (C=O) groups excluding carboxylic acids is 1. The lowest BCUT2D eigenvalue weighted by Crippen LogP contribution is -2.36. The second-order valence-corrected chi connectivity index (χ2v) is 5.37. The zero-order valence-electron chi connectivity index (χ0n) is 9.82. The van der Waals surface area contributed by atoms with Crippen LogP contribution in [0.5, 0.6) is 0 Å². The number of Topliss-reactive ketones (excluding diaryl/α,β-unsaturated/α-hetero) is 1. The molecule has 1 saturated heterocycles. The van der Waals surface area contributed by atoms with Gasteiger partial charge in [-0.15, -0.1) is 11.3 Å². The maximum Gasteiger partial charge on any atom is 0.135 e. The topological polar surface area (TPSA) is 20.3 Å². The summed E-state index contributed by atoms with van der Waals surface area (Å²) in [7, 11) is 0. The van der Waals surface area contributed by atoms with Crippen LogP contribution in [-0.2, 0) is 4.79 Å². The van der Waals surface area contributed by atoms with Crippen LogP contribution in [0.15, 0.2) is 17.5 Å². The van der Waals surface area contributed by atoms with Gasteiger partial charge in [-0.2, -0.15) is 0 Å². The van der Waals surface area contributed by atoms with Crippen LogP contribution in [0.2, 0.25) is 0 Å². The van der Waals surface area contributed by atoms with Crippen molar-refractivity contribution in [2.75, 3.05) is 13.1 Å². The molecule has 0 aliphatic carbocycles. The second kappa shape index (κ2) is 5.60. The first-order valence-electron chi connectivity index (χ1n) is 6.10. The molecule has 2 rings (SSSR count). The molecule has 0 N–H and O–H groups in total. The van der Waals surface area contributed by atoms with Crippen LogP contribution in [-0.4, -0.2) is 23.8 Å². The van der Waals surface area contributed by atoms with E-state index in [1.54, 1.807) is 0 Å². The average molecular weight is 237 g/mol. The molecule has 1 fully saturated rings. The highest BCUT2D eigenvalue weighted by Crippen LogP contribution is 2.30. The number of piperidine rings is 1. The molecule has 0 radical (unpaired) electrons. The summed E-state index contributed by atoms with van der Waals surface area (Å²) >= 11 is 1.84. The summed E-state index contributed by atoms with van der Waals surface area (Å²) in [5.74, 6) is 0.428. The molecule has 0 bridgehead atoms. The van der Waals surface area contributed by atoms with Crippen molar-refractivity contribution < 1.29 is 4.79 Å². The molecule has 0 amide bonds. The Morgan fingerprint density at radius 2 is 2.19 bits per heavy atom. The normalized spacial score (nSPS) is 19.9. The molecule has 0 spiro atoms. The van der Waals surface area contributed by atoms with Gasteiger partial charge in [0.2, 0.25) is 0 Å². The molecule has 2 heterocycles. The molecule has 0 aromatic carbocycles. The van der Waals surface area contributed by atoms with Gasteiger partial charge in [0.25, 0.3) is 0 Å². The molecule has 0 saturated carbocycles. The van der Waals surface area contributed by atoms with Crippen molar-refractivity contribution >= 4 is 17.1 Å². The lowest BCUT2D eigenvalue weighted by atomic mass is 10.0. The van der Waals surface area contributed by atoms with Gasteiger partial charge in [-0.05, 0) is 17.9 Å². The molecule has 16 heavy (non-hydrogen) atoms. The zero-order valence-corrected chi connectivity index (χ0v) is 10.6. The van der Waals surface area contributed by atoms with E-state index in [0.717, 1.165) is 25.9 Å². The number of carbonyl (C=O) groups is 1. The molecular formula is C13H19NOS. The quantitative estimate of drug-likeness (QED) is 0.801. The lowest BCUT2D eigenvalue weighted by Gasteiger charge is -2.33. The number of likely N-dealkylation sites (tertiary alicyclic amines) is 1. The molecular weight excluding hydrogens is 218 g/mol. The molecule has 1 unspecified atom stereocenters. The van der Waals surface area contributed by atoms with Crippen LogP contribution in [0.25, 0.3) is 0 Å². The van der Waals surface area contributed by atoms with Crippen molar-refractivity contribution in [2.45, 2.75) is 38.6 Å². The molecule has 1 aromatic heterocycles. The van der Waals surface area contributed by atoms with Gasteiger partial charge in [-0.1, -0.05) is 19.4 Å². The van der Waals surface area contributed by atoms with Gasteiger partial charge in [0.15, 0.2) is 0 Å². The van der Waals surface area contributed by atoms with Crippen molar-refractivity contribution in [1.82, 2.24) is 4.90 Å².